The number of carbonyl (C=O) groups is 2. The first-order valence-corrected chi connectivity index (χ1v) is 5.33. The van der Waals surface area contributed by atoms with Gasteiger partial charge in [0, 0.05) is 26.1 Å². The van der Waals surface area contributed by atoms with E-state index < -0.39 is 0 Å². The highest BCUT2D eigenvalue weighted by Gasteiger charge is 2.21. The molecule has 0 bridgehead atoms. The fourth-order valence-electron chi connectivity index (χ4n) is 1.73. The maximum atomic E-state index is 11.6. The summed E-state index contributed by atoms with van der Waals surface area (Å²) in [5.74, 6) is -0.145. The molecule has 0 atom stereocenters. The molecule has 0 spiro atoms. The van der Waals surface area contributed by atoms with E-state index in [2.05, 4.69) is 10.6 Å². The lowest BCUT2D eigenvalue weighted by Crippen LogP contribution is -2.47. The van der Waals surface area contributed by atoms with Crippen LogP contribution < -0.4 is 10.6 Å². The molecule has 1 fully saturated rings. The van der Waals surface area contributed by atoms with Crippen LogP contribution in [0.4, 0.5) is 0 Å². The molecule has 0 aliphatic carbocycles. The lowest BCUT2D eigenvalue weighted by atomic mass is 10.1. The zero-order valence-electron chi connectivity index (χ0n) is 9.38. The van der Waals surface area contributed by atoms with Gasteiger partial charge in [-0.05, 0) is 19.9 Å². The van der Waals surface area contributed by atoms with E-state index in [0.717, 1.165) is 25.9 Å². The normalized spacial score (nSPS) is 17.6. The van der Waals surface area contributed by atoms with Gasteiger partial charge in [-0.3, -0.25) is 9.59 Å². The van der Waals surface area contributed by atoms with Gasteiger partial charge in [-0.2, -0.15) is 0 Å². The Hall–Kier alpha value is -1.10. The third-order valence-electron chi connectivity index (χ3n) is 2.74. The summed E-state index contributed by atoms with van der Waals surface area (Å²) in [5, 5.41) is 5.73. The second-order valence-corrected chi connectivity index (χ2v) is 3.85. The van der Waals surface area contributed by atoms with E-state index in [1.54, 1.807) is 0 Å². The average molecular weight is 213 g/mol. The van der Waals surface area contributed by atoms with Crippen molar-refractivity contribution >= 4 is 11.8 Å². The lowest BCUT2D eigenvalue weighted by molar-refractivity contribution is -0.133. The van der Waals surface area contributed by atoms with Crippen molar-refractivity contribution in [2.75, 3.05) is 26.7 Å². The summed E-state index contributed by atoms with van der Waals surface area (Å²) in [7, 11) is 1.94. The van der Waals surface area contributed by atoms with Crippen molar-refractivity contribution < 1.29 is 9.59 Å². The highest BCUT2D eigenvalue weighted by atomic mass is 16.2. The maximum Gasteiger partial charge on any atom is 0.241 e. The van der Waals surface area contributed by atoms with Crippen molar-refractivity contribution in [3.05, 3.63) is 0 Å². The minimum atomic E-state index is -0.159. The number of nitrogens with one attached hydrogen (secondary N) is 2. The van der Waals surface area contributed by atoms with Crippen LogP contribution in [-0.2, 0) is 9.59 Å². The summed E-state index contributed by atoms with van der Waals surface area (Å²) in [4.78, 5) is 24.0. The van der Waals surface area contributed by atoms with Crippen molar-refractivity contribution in [3.63, 3.8) is 0 Å². The van der Waals surface area contributed by atoms with Crippen molar-refractivity contribution in [1.29, 1.82) is 0 Å². The quantitative estimate of drug-likeness (QED) is 0.654. The zero-order valence-corrected chi connectivity index (χ0v) is 9.38. The van der Waals surface area contributed by atoms with Crippen molar-refractivity contribution in [1.82, 2.24) is 15.5 Å². The summed E-state index contributed by atoms with van der Waals surface area (Å²) >= 11 is 0. The first-order chi connectivity index (χ1) is 7.13. The number of rotatable bonds is 3. The third-order valence-corrected chi connectivity index (χ3v) is 2.74. The first-order valence-electron chi connectivity index (χ1n) is 5.33. The van der Waals surface area contributed by atoms with E-state index in [9.17, 15) is 9.59 Å². The predicted octanol–water partition coefficient (Wildman–Crippen LogP) is -0.667. The summed E-state index contributed by atoms with van der Waals surface area (Å²) in [5.41, 5.74) is 0. The van der Waals surface area contributed by atoms with Gasteiger partial charge < -0.3 is 15.5 Å². The van der Waals surface area contributed by atoms with Gasteiger partial charge in [0.15, 0.2) is 0 Å². The Morgan fingerprint density at radius 1 is 1.33 bits per heavy atom. The number of hydrogen-bond acceptors (Lipinski definition) is 3. The lowest BCUT2D eigenvalue weighted by Gasteiger charge is -2.31. The molecular formula is C10H19N3O2. The Kier molecular flexibility index (Phi) is 4.55. The molecule has 0 unspecified atom stereocenters. The maximum absolute atomic E-state index is 11.6. The molecular weight excluding hydrogens is 194 g/mol. The van der Waals surface area contributed by atoms with Gasteiger partial charge >= 0.3 is 0 Å². The molecule has 2 amide bonds. The number of likely N-dealkylation sites (tertiary alicyclic amines) is 1. The second kappa shape index (κ2) is 5.70. The Morgan fingerprint density at radius 2 is 1.93 bits per heavy atom. The summed E-state index contributed by atoms with van der Waals surface area (Å²) in [6, 6.07) is 0.523. The molecule has 1 heterocycles. The number of carbonyl (C=O) groups excluding carboxylic acids is 2. The van der Waals surface area contributed by atoms with Crippen LogP contribution in [0.2, 0.25) is 0 Å². The highest BCUT2D eigenvalue weighted by molar-refractivity contribution is 5.83. The van der Waals surface area contributed by atoms with E-state index in [4.69, 9.17) is 0 Å². The Bertz CT molecular complexity index is 235. The van der Waals surface area contributed by atoms with Crippen LogP contribution in [0.3, 0.4) is 0 Å². The SMILES string of the molecule is CNC1CCN(C(=O)CNC(C)=O)CC1. The fourth-order valence-corrected chi connectivity index (χ4v) is 1.73. The molecule has 86 valence electrons. The standard InChI is InChI=1S/C10H19N3O2/c1-8(14)12-7-10(15)13-5-3-9(11-2)4-6-13/h9,11H,3-7H2,1-2H3,(H,12,14). The van der Waals surface area contributed by atoms with Crippen molar-refractivity contribution in [3.8, 4) is 0 Å². The van der Waals surface area contributed by atoms with Crippen LogP contribution >= 0.6 is 0 Å². The van der Waals surface area contributed by atoms with Crippen LogP contribution in [0.1, 0.15) is 19.8 Å². The van der Waals surface area contributed by atoms with Crippen molar-refractivity contribution in [2.45, 2.75) is 25.8 Å². The van der Waals surface area contributed by atoms with Gasteiger partial charge in [-0.15, -0.1) is 0 Å². The molecule has 1 aliphatic rings. The molecule has 15 heavy (non-hydrogen) atoms. The molecule has 0 aromatic rings. The Balaban J connectivity index is 2.27. The zero-order chi connectivity index (χ0) is 11.3. The summed E-state index contributed by atoms with van der Waals surface area (Å²) in [6.45, 7) is 3.11. The minimum absolute atomic E-state index is 0.0137. The van der Waals surface area contributed by atoms with Crippen LogP contribution in [0.25, 0.3) is 0 Å². The molecule has 1 aliphatic heterocycles. The summed E-state index contributed by atoms with van der Waals surface area (Å²) in [6.07, 6.45) is 1.98. The molecule has 5 heteroatoms. The van der Waals surface area contributed by atoms with Gasteiger partial charge in [0.05, 0.1) is 6.54 Å². The number of amides is 2. The van der Waals surface area contributed by atoms with Crippen LogP contribution in [-0.4, -0.2) is 49.4 Å². The smallest absolute Gasteiger partial charge is 0.241 e. The summed E-state index contributed by atoms with van der Waals surface area (Å²) < 4.78 is 0. The van der Waals surface area contributed by atoms with E-state index in [0.29, 0.717) is 6.04 Å². The van der Waals surface area contributed by atoms with E-state index in [-0.39, 0.29) is 18.4 Å². The first kappa shape index (κ1) is 12.0. The predicted molar refractivity (Wildman–Crippen MR) is 57.3 cm³/mol. The topological polar surface area (TPSA) is 61.4 Å². The van der Waals surface area contributed by atoms with Gasteiger partial charge in [0.1, 0.15) is 0 Å². The molecule has 0 aromatic carbocycles. The molecule has 2 N–H and O–H groups in total. The van der Waals surface area contributed by atoms with Gasteiger partial charge in [0.25, 0.3) is 0 Å². The number of nitrogens with zero attached hydrogens (tertiary/aromatic N) is 1. The highest BCUT2D eigenvalue weighted by Crippen LogP contribution is 2.09. The van der Waals surface area contributed by atoms with E-state index in [1.807, 2.05) is 11.9 Å². The molecule has 1 rings (SSSR count). The number of piperidine rings is 1. The van der Waals surface area contributed by atoms with Gasteiger partial charge in [-0.1, -0.05) is 0 Å². The number of hydrogen-bond donors (Lipinski definition) is 2. The monoisotopic (exact) mass is 213 g/mol. The van der Waals surface area contributed by atoms with Crippen molar-refractivity contribution in [2.24, 2.45) is 0 Å². The second-order valence-electron chi connectivity index (χ2n) is 3.85. The molecule has 0 saturated carbocycles. The fraction of sp³-hybridized carbons (Fsp3) is 0.800. The van der Waals surface area contributed by atoms with Gasteiger partial charge in [0.2, 0.25) is 11.8 Å². The molecule has 5 nitrogen and oxygen atoms in total. The minimum Gasteiger partial charge on any atom is -0.347 e. The van der Waals surface area contributed by atoms with Crippen LogP contribution in [0.5, 0.6) is 0 Å². The van der Waals surface area contributed by atoms with Crippen LogP contribution in [0.15, 0.2) is 0 Å². The molecule has 0 radical (unpaired) electrons. The molecule has 0 aromatic heterocycles. The van der Waals surface area contributed by atoms with E-state index in [1.165, 1.54) is 6.92 Å². The molecule has 1 saturated heterocycles. The van der Waals surface area contributed by atoms with Gasteiger partial charge in [-0.25, -0.2) is 0 Å². The van der Waals surface area contributed by atoms with Crippen LogP contribution in [0, 0.1) is 0 Å². The Labute approximate surface area is 90.2 Å². The van der Waals surface area contributed by atoms with E-state index >= 15 is 0 Å². The third kappa shape index (κ3) is 3.87. The Morgan fingerprint density at radius 3 is 2.40 bits per heavy atom. The average Bonchev–Trinajstić information content (AvgIpc) is 2.26. The largest absolute Gasteiger partial charge is 0.347 e.